The van der Waals surface area contributed by atoms with Gasteiger partial charge in [-0.3, -0.25) is 9.59 Å². The second kappa shape index (κ2) is 13.2. The second-order valence-corrected chi connectivity index (χ2v) is 10.5. The summed E-state index contributed by atoms with van der Waals surface area (Å²) in [5.41, 5.74) is 1.43. The molecule has 5 rings (SSSR count). The van der Waals surface area contributed by atoms with Gasteiger partial charge in [0.15, 0.2) is 0 Å². The lowest BCUT2D eigenvalue weighted by molar-refractivity contribution is -0.142. The summed E-state index contributed by atoms with van der Waals surface area (Å²) in [4.78, 5) is 30.1. The van der Waals surface area contributed by atoms with Gasteiger partial charge < -0.3 is 15.0 Å². The molecule has 2 atom stereocenters. The van der Waals surface area contributed by atoms with Crippen LogP contribution in [0.15, 0.2) is 72.8 Å². The van der Waals surface area contributed by atoms with Gasteiger partial charge in [-0.1, -0.05) is 53.5 Å². The number of halogens is 3. The normalized spacial score (nSPS) is 15.4. The van der Waals surface area contributed by atoms with Crippen LogP contribution in [0, 0.1) is 5.82 Å². The Morgan fingerprint density at radius 2 is 1.76 bits per heavy atom. The summed E-state index contributed by atoms with van der Waals surface area (Å²) in [6, 6.07) is 18.5. The van der Waals surface area contributed by atoms with Crippen molar-refractivity contribution in [3.63, 3.8) is 0 Å². The molecule has 0 unspecified atom stereocenters. The molecule has 0 spiro atoms. The molecule has 1 aliphatic rings. The molecule has 0 saturated carbocycles. The van der Waals surface area contributed by atoms with Crippen molar-refractivity contribution in [3.8, 4) is 11.4 Å². The van der Waals surface area contributed by atoms with E-state index in [1.54, 1.807) is 66.7 Å². The van der Waals surface area contributed by atoms with Gasteiger partial charge >= 0.3 is 0 Å². The summed E-state index contributed by atoms with van der Waals surface area (Å²) < 4.78 is 20.5. The molecule has 4 aromatic rings. The lowest BCUT2D eigenvalue weighted by Gasteiger charge is -2.32. The van der Waals surface area contributed by atoms with E-state index >= 15 is 0 Å². The predicted octanol–water partition coefficient (Wildman–Crippen LogP) is 4.85. The van der Waals surface area contributed by atoms with E-state index in [1.807, 2.05) is 0 Å². The number of ether oxygens (including phenoxy) is 1. The van der Waals surface area contributed by atoms with Gasteiger partial charge in [-0.15, -0.1) is 10.2 Å². The summed E-state index contributed by atoms with van der Waals surface area (Å²) in [6.07, 6.45) is 1.64. The maximum absolute atomic E-state index is 14.8. The molecule has 0 radical (unpaired) electrons. The van der Waals surface area contributed by atoms with Crippen molar-refractivity contribution in [3.05, 3.63) is 99.8 Å². The number of nitrogens with zero attached hydrogens (tertiary/aromatic N) is 5. The fourth-order valence-electron chi connectivity index (χ4n) is 4.60. The van der Waals surface area contributed by atoms with Gasteiger partial charge in [0.2, 0.25) is 17.6 Å². The molecule has 1 fully saturated rings. The molecule has 2 heterocycles. The molecule has 41 heavy (non-hydrogen) atoms. The van der Waals surface area contributed by atoms with Gasteiger partial charge in [-0.25, -0.2) is 4.39 Å². The summed E-state index contributed by atoms with van der Waals surface area (Å²) in [7, 11) is 0. The highest BCUT2D eigenvalue weighted by Gasteiger charge is 2.33. The monoisotopic (exact) mass is 596 g/mol. The van der Waals surface area contributed by atoms with Gasteiger partial charge in [0, 0.05) is 40.9 Å². The SMILES string of the molecule is O=C(NC[C@@H]1CCCO1)[C@H](c1ccc(Cl)cc1)N(Cc1ccccc1F)C(=O)Cn1nnc(-c2ccc(Cl)cc2)n1. The minimum Gasteiger partial charge on any atom is -0.376 e. The Balaban J connectivity index is 1.45. The third-order valence-corrected chi connectivity index (χ3v) is 7.23. The Kier molecular flexibility index (Phi) is 9.23. The first-order valence-electron chi connectivity index (χ1n) is 13.1. The van der Waals surface area contributed by atoms with E-state index in [1.165, 1.54) is 11.0 Å². The first kappa shape index (κ1) is 28.7. The number of aromatic nitrogens is 4. The summed E-state index contributed by atoms with van der Waals surface area (Å²) in [5.74, 6) is -1.14. The quantitative estimate of drug-likeness (QED) is 0.281. The van der Waals surface area contributed by atoms with E-state index in [-0.39, 0.29) is 24.8 Å². The van der Waals surface area contributed by atoms with Gasteiger partial charge in [0.1, 0.15) is 18.4 Å². The summed E-state index contributed by atoms with van der Waals surface area (Å²) in [5, 5.41) is 16.4. The number of amides is 2. The van der Waals surface area contributed by atoms with Crippen LogP contribution < -0.4 is 5.32 Å². The zero-order chi connectivity index (χ0) is 28.8. The molecule has 0 bridgehead atoms. The minimum absolute atomic E-state index is 0.105. The average Bonchev–Trinajstić information content (AvgIpc) is 3.66. The van der Waals surface area contributed by atoms with E-state index in [2.05, 4.69) is 20.7 Å². The van der Waals surface area contributed by atoms with Crippen molar-refractivity contribution >= 4 is 35.0 Å². The molecule has 1 N–H and O–H groups in total. The first-order chi connectivity index (χ1) is 19.9. The molecule has 1 saturated heterocycles. The number of carbonyl (C=O) groups excluding carboxylic acids is 2. The standard InChI is InChI=1S/C29H27Cl2FN6O3/c30-22-11-7-19(8-12-22)27(29(40)33-16-24-5-3-15-41-24)37(17-21-4-1-2-6-25(21)32)26(39)18-38-35-28(34-36-38)20-9-13-23(31)14-10-20/h1-2,4,6-14,24,27H,3,5,15-18H2,(H,33,40)/t24-,27-/m0/s1. The Hall–Kier alpha value is -3.86. The minimum atomic E-state index is -1.10. The van der Waals surface area contributed by atoms with Gasteiger partial charge in [-0.2, -0.15) is 4.80 Å². The van der Waals surface area contributed by atoms with E-state index < -0.39 is 23.7 Å². The molecule has 212 valence electrons. The summed E-state index contributed by atoms with van der Waals surface area (Å²) >= 11 is 12.1. The lowest BCUT2D eigenvalue weighted by atomic mass is 10.0. The van der Waals surface area contributed by atoms with Crippen molar-refractivity contribution < 1.29 is 18.7 Å². The maximum Gasteiger partial charge on any atom is 0.247 e. The second-order valence-electron chi connectivity index (χ2n) is 9.60. The van der Waals surface area contributed by atoms with Crippen LogP contribution in [0.4, 0.5) is 4.39 Å². The third-order valence-electron chi connectivity index (χ3n) is 6.72. The van der Waals surface area contributed by atoms with Crippen molar-refractivity contribution in [1.29, 1.82) is 0 Å². The Labute approximate surface area is 246 Å². The van der Waals surface area contributed by atoms with Gasteiger partial charge in [0.05, 0.1) is 6.10 Å². The zero-order valence-corrected chi connectivity index (χ0v) is 23.4. The molecule has 12 heteroatoms. The average molecular weight is 597 g/mol. The molecule has 9 nitrogen and oxygen atoms in total. The van der Waals surface area contributed by atoms with Crippen LogP contribution in [0.25, 0.3) is 11.4 Å². The van der Waals surface area contributed by atoms with Crippen LogP contribution in [0.1, 0.15) is 30.0 Å². The first-order valence-corrected chi connectivity index (χ1v) is 13.8. The van der Waals surface area contributed by atoms with E-state index in [4.69, 9.17) is 27.9 Å². The third kappa shape index (κ3) is 7.27. The number of hydrogen-bond acceptors (Lipinski definition) is 6. The van der Waals surface area contributed by atoms with Crippen molar-refractivity contribution in [2.24, 2.45) is 0 Å². The molecular formula is C29H27Cl2FN6O3. The number of nitrogens with one attached hydrogen (secondary N) is 1. The van der Waals surface area contributed by atoms with E-state index in [0.717, 1.165) is 17.6 Å². The van der Waals surface area contributed by atoms with E-state index in [0.29, 0.717) is 40.1 Å². The molecule has 2 amide bonds. The smallest absolute Gasteiger partial charge is 0.247 e. The highest BCUT2D eigenvalue weighted by atomic mass is 35.5. The van der Waals surface area contributed by atoms with Crippen LogP contribution in [-0.4, -0.2) is 56.2 Å². The van der Waals surface area contributed by atoms with Crippen LogP contribution in [0.5, 0.6) is 0 Å². The van der Waals surface area contributed by atoms with Crippen LogP contribution in [0.3, 0.4) is 0 Å². The fourth-order valence-corrected chi connectivity index (χ4v) is 4.86. The van der Waals surface area contributed by atoms with Crippen LogP contribution in [0.2, 0.25) is 10.0 Å². The fraction of sp³-hybridized carbons (Fsp3) is 0.276. The van der Waals surface area contributed by atoms with Crippen molar-refractivity contribution in [2.75, 3.05) is 13.2 Å². The molecule has 3 aromatic carbocycles. The Morgan fingerprint density at radius 3 is 2.44 bits per heavy atom. The Bertz CT molecular complexity index is 1490. The van der Waals surface area contributed by atoms with Gasteiger partial charge in [-0.05, 0) is 66.1 Å². The van der Waals surface area contributed by atoms with Crippen molar-refractivity contribution in [1.82, 2.24) is 30.4 Å². The van der Waals surface area contributed by atoms with Crippen molar-refractivity contribution in [2.45, 2.75) is 38.1 Å². The Morgan fingerprint density at radius 1 is 1.05 bits per heavy atom. The highest BCUT2D eigenvalue weighted by molar-refractivity contribution is 6.30. The number of carbonyl (C=O) groups is 2. The molecule has 0 aliphatic carbocycles. The number of rotatable bonds is 10. The maximum atomic E-state index is 14.8. The summed E-state index contributed by atoms with van der Waals surface area (Å²) in [6.45, 7) is 0.421. The number of benzene rings is 3. The van der Waals surface area contributed by atoms with Crippen LogP contribution in [-0.2, 0) is 27.4 Å². The molecule has 1 aliphatic heterocycles. The molecule has 1 aromatic heterocycles. The lowest BCUT2D eigenvalue weighted by Crippen LogP contribution is -2.46. The number of tetrazole rings is 1. The largest absolute Gasteiger partial charge is 0.376 e. The topological polar surface area (TPSA) is 102 Å². The highest BCUT2D eigenvalue weighted by Crippen LogP contribution is 2.27. The van der Waals surface area contributed by atoms with Crippen LogP contribution >= 0.6 is 23.2 Å². The predicted molar refractivity (Wildman–Crippen MR) is 151 cm³/mol. The molecular weight excluding hydrogens is 570 g/mol. The van der Waals surface area contributed by atoms with Gasteiger partial charge in [0.25, 0.3) is 0 Å². The number of hydrogen-bond donors (Lipinski definition) is 1. The zero-order valence-electron chi connectivity index (χ0n) is 21.9. The van der Waals surface area contributed by atoms with E-state index in [9.17, 15) is 14.0 Å².